The molecule has 0 amide bonds. The molecule has 142 valence electrons. The Morgan fingerprint density at radius 3 is 2.67 bits per heavy atom. The van der Waals surface area contributed by atoms with E-state index in [0.717, 1.165) is 34.4 Å². The number of hydrogen-bond donors (Lipinski definition) is 0. The number of benzene rings is 2. The fourth-order valence-electron chi connectivity index (χ4n) is 2.95. The van der Waals surface area contributed by atoms with Gasteiger partial charge in [0, 0.05) is 12.3 Å². The molecule has 0 saturated carbocycles. The Hall–Kier alpha value is -2.34. The predicted molar refractivity (Wildman–Crippen MR) is 107 cm³/mol. The van der Waals surface area contributed by atoms with E-state index < -0.39 is 0 Å². The SMILES string of the molecule is CCn1c(SCc2cccc(F)c2)nnc1C(C)Oc1ccc(C)cc1C. The third-order valence-electron chi connectivity index (χ3n) is 4.32. The molecule has 2 aromatic carbocycles. The molecule has 1 aromatic heterocycles. The van der Waals surface area contributed by atoms with Crippen molar-refractivity contribution in [1.82, 2.24) is 14.8 Å². The van der Waals surface area contributed by atoms with Crippen LogP contribution in [-0.4, -0.2) is 14.8 Å². The Labute approximate surface area is 163 Å². The summed E-state index contributed by atoms with van der Waals surface area (Å²) in [5.41, 5.74) is 3.23. The minimum atomic E-state index is -0.221. The summed E-state index contributed by atoms with van der Waals surface area (Å²) < 4.78 is 21.5. The average Bonchev–Trinajstić information content (AvgIpc) is 3.05. The maximum absolute atomic E-state index is 13.4. The number of thioether (sulfide) groups is 1. The van der Waals surface area contributed by atoms with E-state index in [0.29, 0.717) is 5.75 Å². The van der Waals surface area contributed by atoms with Gasteiger partial charge in [-0.3, -0.25) is 0 Å². The summed E-state index contributed by atoms with van der Waals surface area (Å²) >= 11 is 1.55. The average molecular weight is 386 g/mol. The van der Waals surface area contributed by atoms with Gasteiger partial charge in [-0.05, 0) is 57.0 Å². The van der Waals surface area contributed by atoms with Crippen LogP contribution in [0.1, 0.15) is 42.5 Å². The molecule has 1 heterocycles. The van der Waals surface area contributed by atoms with Gasteiger partial charge in [0.05, 0.1) is 0 Å². The largest absolute Gasteiger partial charge is 0.482 e. The van der Waals surface area contributed by atoms with Crippen LogP contribution in [0.3, 0.4) is 0 Å². The molecule has 0 aliphatic carbocycles. The lowest BCUT2D eigenvalue weighted by atomic mass is 10.1. The highest BCUT2D eigenvalue weighted by Crippen LogP contribution is 2.28. The van der Waals surface area contributed by atoms with Crippen LogP contribution in [0.2, 0.25) is 0 Å². The lowest BCUT2D eigenvalue weighted by molar-refractivity contribution is 0.208. The van der Waals surface area contributed by atoms with Crippen molar-refractivity contribution in [2.24, 2.45) is 0 Å². The number of hydrogen-bond acceptors (Lipinski definition) is 4. The normalized spacial score (nSPS) is 12.2. The van der Waals surface area contributed by atoms with Gasteiger partial charge in [0.2, 0.25) is 0 Å². The molecule has 0 bridgehead atoms. The van der Waals surface area contributed by atoms with Crippen LogP contribution in [0.5, 0.6) is 5.75 Å². The molecule has 4 nitrogen and oxygen atoms in total. The van der Waals surface area contributed by atoms with Crippen molar-refractivity contribution in [3.05, 3.63) is 70.8 Å². The monoisotopic (exact) mass is 385 g/mol. The van der Waals surface area contributed by atoms with Gasteiger partial charge in [-0.2, -0.15) is 0 Å². The molecular formula is C21H24FN3OS. The molecule has 27 heavy (non-hydrogen) atoms. The fourth-order valence-corrected chi connectivity index (χ4v) is 3.91. The summed E-state index contributed by atoms with van der Waals surface area (Å²) in [5, 5.41) is 9.49. The first kappa shape index (κ1) is 19.4. The second kappa shape index (κ2) is 8.57. The minimum Gasteiger partial charge on any atom is -0.482 e. The summed E-state index contributed by atoms with van der Waals surface area (Å²) in [6, 6.07) is 12.8. The second-order valence-electron chi connectivity index (χ2n) is 6.53. The molecule has 0 fully saturated rings. The van der Waals surface area contributed by atoms with E-state index in [1.54, 1.807) is 23.9 Å². The minimum absolute atomic E-state index is 0.220. The zero-order chi connectivity index (χ0) is 19.4. The van der Waals surface area contributed by atoms with Crippen LogP contribution in [0.25, 0.3) is 0 Å². The Kier molecular flexibility index (Phi) is 6.16. The topological polar surface area (TPSA) is 39.9 Å². The highest BCUT2D eigenvalue weighted by molar-refractivity contribution is 7.98. The van der Waals surface area contributed by atoms with Crippen LogP contribution in [0, 0.1) is 19.7 Å². The molecule has 3 rings (SSSR count). The first-order valence-electron chi connectivity index (χ1n) is 9.02. The maximum atomic E-state index is 13.4. The van der Waals surface area contributed by atoms with Gasteiger partial charge in [0.15, 0.2) is 17.1 Å². The first-order valence-corrected chi connectivity index (χ1v) is 10.0. The molecular weight excluding hydrogens is 361 g/mol. The second-order valence-corrected chi connectivity index (χ2v) is 7.48. The third-order valence-corrected chi connectivity index (χ3v) is 5.35. The number of nitrogens with zero attached hydrogens (tertiary/aromatic N) is 3. The highest BCUT2D eigenvalue weighted by atomic mass is 32.2. The molecule has 6 heteroatoms. The van der Waals surface area contributed by atoms with Crippen molar-refractivity contribution in [3.63, 3.8) is 0 Å². The molecule has 0 aliphatic rings. The summed E-state index contributed by atoms with van der Waals surface area (Å²) in [7, 11) is 0. The molecule has 0 aliphatic heterocycles. The van der Waals surface area contributed by atoms with Crippen molar-refractivity contribution in [1.29, 1.82) is 0 Å². The number of halogens is 1. The van der Waals surface area contributed by atoms with Gasteiger partial charge in [0.25, 0.3) is 0 Å². The van der Waals surface area contributed by atoms with E-state index >= 15 is 0 Å². The Morgan fingerprint density at radius 2 is 1.96 bits per heavy atom. The molecule has 3 aromatic rings. The lowest BCUT2D eigenvalue weighted by Gasteiger charge is -2.17. The molecule has 0 saturated heterocycles. The van der Waals surface area contributed by atoms with E-state index in [-0.39, 0.29) is 11.9 Å². The van der Waals surface area contributed by atoms with Crippen molar-refractivity contribution >= 4 is 11.8 Å². The molecule has 0 N–H and O–H groups in total. The summed E-state index contributed by atoms with van der Waals surface area (Å²) in [4.78, 5) is 0. The highest BCUT2D eigenvalue weighted by Gasteiger charge is 2.19. The molecule has 1 unspecified atom stereocenters. The zero-order valence-corrected chi connectivity index (χ0v) is 16.9. The Bertz CT molecular complexity index is 926. The molecule has 0 spiro atoms. The van der Waals surface area contributed by atoms with Gasteiger partial charge < -0.3 is 9.30 Å². The van der Waals surface area contributed by atoms with Gasteiger partial charge in [-0.1, -0.05) is 41.6 Å². The van der Waals surface area contributed by atoms with Crippen LogP contribution >= 0.6 is 11.8 Å². The van der Waals surface area contributed by atoms with E-state index in [9.17, 15) is 4.39 Å². The van der Waals surface area contributed by atoms with Crippen LogP contribution in [0.15, 0.2) is 47.6 Å². The van der Waals surface area contributed by atoms with E-state index in [1.165, 1.54) is 11.6 Å². The predicted octanol–water partition coefficient (Wildman–Crippen LogP) is 5.49. The quantitative estimate of drug-likeness (QED) is 0.505. The van der Waals surface area contributed by atoms with Crippen molar-refractivity contribution < 1.29 is 9.13 Å². The third kappa shape index (κ3) is 4.69. The maximum Gasteiger partial charge on any atom is 0.191 e. The number of aryl methyl sites for hydroxylation is 2. The standard InChI is InChI=1S/C21H24FN3OS/c1-5-25-20(16(4)26-19-10-9-14(2)11-15(19)3)23-24-21(25)27-13-17-7-6-8-18(22)12-17/h6-12,16H,5,13H2,1-4H3. The van der Waals surface area contributed by atoms with Crippen LogP contribution < -0.4 is 4.74 Å². The van der Waals surface area contributed by atoms with Gasteiger partial charge in [-0.25, -0.2) is 4.39 Å². The summed E-state index contributed by atoms with van der Waals surface area (Å²) in [6.07, 6.45) is -0.220. The van der Waals surface area contributed by atoms with Crippen molar-refractivity contribution in [3.8, 4) is 5.75 Å². The van der Waals surface area contributed by atoms with Gasteiger partial charge in [-0.15, -0.1) is 10.2 Å². The first-order chi connectivity index (χ1) is 13.0. The van der Waals surface area contributed by atoms with Crippen molar-refractivity contribution in [2.75, 3.05) is 0 Å². The molecule has 0 radical (unpaired) electrons. The van der Waals surface area contributed by atoms with E-state index in [2.05, 4.69) is 34.7 Å². The fraction of sp³-hybridized carbons (Fsp3) is 0.333. The lowest BCUT2D eigenvalue weighted by Crippen LogP contribution is -2.12. The van der Waals surface area contributed by atoms with Gasteiger partial charge >= 0.3 is 0 Å². The number of ether oxygens (including phenoxy) is 1. The van der Waals surface area contributed by atoms with Gasteiger partial charge in [0.1, 0.15) is 11.6 Å². The van der Waals surface area contributed by atoms with Crippen molar-refractivity contribution in [2.45, 2.75) is 51.3 Å². The number of aromatic nitrogens is 3. The summed E-state index contributed by atoms with van der Waals surface area (Å²) in [6.45, 7) is 8.89. The van der Waals surface area contributed by atoms with E-state index in [4.69, 9.17) is 4.74 Å². The smallest absolute Gasteiger partial charge is 0.191 e. The van der Waals surface area contributed by atoms with E-state index in [1.807, 2.05) is 32.0 Å². The zero-order valence-electron chi connectivity index (χ0n) is 16.1. The number of rotatable bonds is 7. The summed E-state index contributed by atoms with van der Waals surface area (Å²) in [5.74, 6) is 2.07. The Balaban J connectivity index is 1.74. The Morgan fingerprint density at radius 1 is 1.15 bits per heavy atom. The molecule has 1 atom stereocenters. The van der Waals surface area contributed by atoms with Crippen LogP contribution in [0.4, 0.5) is 4.39 Å². The van der Waals surface area contributed by atoms with Crippen LogP contribution in [-0.2, 0) is 12.3 Å².